The molecule has 1 aliphatic heterocycles. The predicted molar refractivity (Wildman–Crippen MR) is 79.7 cm³/mol. The van der Waals surface area contributed by atoms with Crippen LogP contribution in [0.3, 0.4) is 0 Å². The van der Waals surface area contributed by atoms with Gasteiger partial charge in [-0.3, -0.25) is 4.90 Å². The van der Waals surface area contributed by atoms with E-state index in [1.807, 2.05) is 19.9 Å². The Morgan fingerprint density at radius 3 is 2.80 bits per heavy atom. The minimum absolute atomic E-state index is 0.0949. The van der Waals surface area contributed by atoms with Gasteiger partial charge in [-0.15, -0.1) is 0 Å². The molecule has 4 heteroatoms. The predicted octanol–water partition coefficient (Wildman–Crippen LogP) is 2.97. The molecule has 0 bridgehead atoms. The van der Waals surface area contributed by atoms with Crippen LogP contribution < -0.4 is 10.1 Å². The second-order valence-corrected chi connectivity index (χ2v) is 5.33. The summed E-state index contributed by atoms with van der Waals surface area (Å²) in [4.78, 5) is 2.37. The van der Waals surface area contributed by atoms with Crippen molar-refractivity contribution in [1.82, 2.24) is 10.2 Å². The SMILES string of the molecule is CCNC(C)c1cccc(F)c1OCCN1CCCC1. The van der Waals surface area contributed by atoms with Gasteiger partial charge in [-0.25, -0.2) is 4.39 Å². The van der Waals surface area contributed by atoms with Crippen LogP contribution in [0.25, 0.3) is 0 Å². The van der Waals surface area contributed by atoms with Crippen molar-refractivity contribution in [2.45, 2.75) is 32.7 Å². The van der Waals surface area contributed by atoms with E-state index in [1.54, 1.807) is 6.07 Å². The van der Waals surface area contributed by atoms with Gasteiger partial charge in [-0.05, 0) is 45.5 Å². The fourth-order valence-corrected chi connectivity index (χ4v) is 2.72. The lowest BCUT2D eigenvalue weighted by Gasteiger charge is -2.20. The molecule has 1 heterocycles. The summed E-state index contributed by atoms with van der Waals surface area (Å²) in [7, 11) is 0. The van der Waals surface area contributed by atoms with Gasteiger partial charge in [0.2, 0.25) is 0 Å². The quantitative estimate of drug-likeness (QED) is 0.831. The summed E-state index contributed by atoms with van der Waals surface area (Å²) in [5, 5.41) is 3.30. The third-order valence-corrected chi connectivity index (χ3v) is 3.83. The van der Waals surface area contributed by atoms with E-state index in [1.165, 1.54) is 18.9 Å². The second-order valence-electron chi connectivity index (χ2n) is 5.33. The molecule has 2 rings (SSSR count). The third-order valence-electron chi connectivity index (χ3n) is 3.83. The first-order valence-electron chi connectivity index (χ1n) is 7.59. The maximum absolute atomic E-state index is 14.0. The number of ether oxygens (including phenoxy) is 1. The summed E-state index contributed by atoms with van der Waals surface area (Å²) in [6.07, 6.45) is 2.53. The lowest BCUT2D eigenvalue weighted by Crippen LogP contribution is -2.26. The van der Waals surface area contributed by atoms with E-state index in [4.69, 9.17) is 4.74 Å². The van der Waals surface area contributed by atoms with Gasteiger partial charge in [0.1, 0.15) is 6.61 Å². The minimum Gasteiger partial charge on any atom is -0.489 e. The monoisotopic (exact) mass is 280 g/mol. The molecule has 3 nitrogen and oxygen atoms in total. The lowest BCUT2D eigenvalue weighted by molar-refractivity contribution is 0.228. The van der Waals surface area contributed by atoms with E-state index < -0.39 is 0 Å². The molecular formula is C16H25FN2O. The van der Waals surface area contributed by atoms with Crippen molar-refractivity contribution in [2.75, 3.05) is 32.8 Å². The van der Waals surface area contributed by atoms with E-state index in [-0.39, 0.29) is 11.9 Å². The van der Waals surface area contributed by atoms with Crippen LogP contribution in [-0.2, 0) is 0 Å². The molecule has 1 aromatic carbocycles. The second kappa shape index (κ2) is 7.60. The van der Waals surface area contributed by atoms with Gasteiger partial charge in [-0.2, -0.15) is 0 Å². The van der Waals surface area contributed by atoms with Crippen molar-refractivity contribution in [3.63, 3.8) is 0 Å². The Balaban J connectivity index is 1.97. The largest absolute Gasteiger partial charge is 0.489 e. The van der Waals surface area contributed by atoms with E-state index in [0.717, 1.165) is 31.7 Å². The van der Waals surface area contributed by atoms with Crippen LogP contribution in [0.5, 0.6) is 5.75 Å². The number of benzene rings is 1. The summed E-state index contributed by atoms with van der Waals surface area (Å²) in [6, 6.07) is 5.23. The molecule has 1 unspecified atom stereocenters. The first kappa shape index (κ1) is 15.3. The number of para-hydroxylation sites is 1. The zero-order valence-electron chi connectivity index (χ0n) is 12.5. The molecule has 0 aromatic heterocycles. The fourth-order valence-electron chi connectivity index (χ4n) is 2.72. The summed E-state index contributed by atoms with van der Waals surface area (Å²) in [5.41, 5.74) is 0.897. The summed E-state index contributed by atoms with van der Waals surface area (Å²) in [6.45, 7) is 8.64. The molecule has 1 N–H and O–H groups in total. The first-order valence-corrected chi connectivity index (χ1v) is 7.59. The molecule has 0 amide bonds. The van der Waals surface area contributed by atoms with Crippen molar-refractivity contribution < 1.29 is 9.13 Å². The van der Waals surface area contributed by atoms with Crippen LogP contribution in [0, 0.1) is 5.82 Å². The van der Waals surface area contributed by atoms with E-state index >= 15 is 0 Å². The highest BCUT2D eigenvalue weighted by molar-refractivity contribution is 5.37. The Hall–Kier alpha value is -1.13. The van der Waals surface area contributed by atoms with Crippen molar-refractivity contribution in [2.24, 2.45) is 0 Å². The molecule has 0 saturated carbocycles. The Kier molecular flexibility index (Phi) is 5.80. The molecule has 1 aromatic rings. The van der Waals surface area contributed by atoms with E-state index in [2.05, 4.69) is 10.2 Å². The summed E-state index contributed by atoms with van der Waals surface area (Å²) >= 11 is 0. The van der Waals surface area contributed by atoms with Crippen LogP contribution in [-0.4, -0.2) is 37.7 Å². The molecule has 112 valence electrons. The molecular weight excluding hydrogens is 255 g/mol. The van der Waals surface area contributed by atoms with E-state index in [9.17, 15) is 4.39 Å². The standard InChI is InChI=1S/C16H25FN2O/c1-3-18-13(2)14-7-6-8-15(17)16(14)20-12-11-19-9-4-5-10-19/h6-8,13,18H,3-5,9-12H2,1-2H3. The van der Waals surface area contributed by atoms with Crippen LogP contribution in [0.15, 0.2) is 18.2 Å². The van der Waals surface area contributed by atoms with Crippen LogP contribution >= 0.6 is 0 Å². The highest BCUT2D eigenvalue weighted by Crippen LogP contribution is 2.28. The highest BCUT2D eigenvalue weighted by atomic mass is 19.1. The average Bonchev–Trinajstić information content (AvgIpc) is 2.94. The Morgan fingerprint density at radius 1 is 1.35 bits per heavy atom. The van der Waals surface area contributed by atoms with Gasteiger partial charge in [0, 0.05) is 18.2 Å². The van der Waals surface area contributed by atoms with Crippen molar-refractivity contribution in [3.8, 4) is 5.75 Å². The van der Waals surface area contributed by atoms with Gasteiger partial charge in [-0.1, -0.05) is 19.1 Å². The Bertz CT molecular complexity index is 419. The van der Waals surface area contributed by atoms with Gasteiger partial charge in [0.15, 0.2) is 11.6 Å². The summed E-state index contributed by atoms with van der Waals surface area (Å²) in [5.74, 6) is 0.133. The maximum atomic E-state index is 14.0. The number of hydrogen-bond acceptors (Lipinski definition) is 3. The van der Waals surface area contributed by atoms with Gasteiger partial charge in [0.05, 0.1) is 0 Å². The molecule has 20 heavy (non-hydrogen) atoms. The molecule has 1 atom stereocenters. The third kappa shape index (κ3) is 3.93. The zero-order valence-corrected chi connectivity index (χ0v) is 12.5. The normalized spacial score (nSPS) is 17.4. The van der Waals surface area contributed by atoms with E-state index in [0.29, 0.717) is 12.4 Å². The van der Waals surface area contributed by atoms with Gasteiger partial charge in [0.25, 0.3) is 0 Å². The van der Waals surface area contributed by atoms with Crippen molar-refractivity contribution in [3.05, 3.63) is 29.6 Å². The highest BCUT2D eigenvalue weighted by Gasteiger charge is 2.16. The molecule has 1 aliphatic rings. The van der Waals surface area contributed by atoms with Crippen LogP contribution in [0.4, 0.5) is 4.39 Å². The van der Waals surface area contributed by atoms with Gasteiger partial charge < -0.3 is 10.1 Å². The van der Waals surface area contributed by atoms with Crippen molar-refractivity contribution >= 4 is 0 Å². The Morgan fingerprint density at radius 2 is 2.10 bits per heavy atom. The molecule has 0 radical (unpaired) electrons. The van der Waals surface area contributed by atoms with Crippen molar-refractivity contribution in [1.29, 1.82) is 0 Å². The Labute approximate surface area is 121 Å². The average molecular weight is 280 g/mol. The topological polar surface area (TPSA) is 24.5 Å². The first-order chi connectivity index (χ1) is 9.72. The molecule has 1 fully saturated rings. The smallest absolute Gasteiger partial charge is 0.165 e. The summed E-state index contributed by atoms with van der Waals surface area (Å²) < 4.78 is 19.7. The lowest BCUT2D eigenvalue weighted by atomic mass is 10.1. The molecule has 0 spiro atoms. The minimum atomic E-state index is -0.270. The number of rotatable bonds is 7. The van der Waals surface area contributed by atoms with Crippen LogP contribution in [0.1, 0.15) is 38.3 Å². The van der Waals surface area contributed by atoms with Gasteiger partial charge >= 0.3 is 0 Å². The maximum Gasteiger partial charge on any atom is 0.165 e. The number of hydrogen-bond donors (Lipinski definition) is 1. The zero-order chi connectivity index (χ0) is 14.4. The number of halogens is 1. The molecule has 1 saturated heterocycles. The number of nitrogens with one attached hydrogen (secondary N) is 1. The van der Waals surface area contributed by atoms with Crippen LogP contribution in [0.2, 0.25) is 0 Å². The molecule has 0 aliphatic carbocycles. The number of nitrogens with zero attached hydrogens (tertiary/aromatic N) is 1. The number of likely N-dealkylation sites (tertiary alicyclic amines) is 1. The fraction of sp³-hybridized carbons (Fsp3) is 0.625.